The van der Waals surface area contributed by atoms with E-state index in [2.05, 4.69) is 15.2 Å². The largest absolute Gasteiger partial charge is 0.497 e. The molecule has 2 aromatic heterocycles. The van der Waals surface area contributed by atoms with Gasteiger partial charge in [0.2, 0.25) is 11.8 Å². The molecule has 27 heavy (non-hydrogen) atoms. The molecule has 1 atom stereocenters. The number of nitrogens with one attached hydrogen (secondary N) is 1. The lowest BCUT2D eigenvalue weighted by atomic mass is 10.2. The van der Waals surface area contributed by atoms with Crippen molar-refractivity contribution in [1.29, 1.82) is 0 Å². The summed E-state index contributed by atoms with van der Waals surface area (Å²) >= 11 is 1.60. The summed E-state index contributed by atoms with van der Waals surface area (Å²) in [5.41, 5.74) is 1.62. The Morgan fingerprint density at radius 3 is 2.96 bits per heavy atom. The molecule has 1 aromatic carbocycles. The first kappa shape index (κ1) is 17.8. The van der Waals surface area contributed by atoms with Gasteiger partial charge in [0, 0.05) is 12.2 Å². The van der Waals surface area contributed by atoms with Crippen molar-refractivity contribution in [1.82, 2.24) is 9.88 Å². The first-order valence-corrected chi connectivity index (χ1v) is 9.78. The highest BCUT2D eigenvalue weighted by atomic mass is 32.1. The van der Waals surface area contributed by atoms with Crippen molar-refractivity contribution >= 4 is 22.9 Å². The summed E-state index contributed by atoms with van der Waals surface area (Å²) in [6.07, 6.45) is 3.53. The Bertz CT molecular complexity index is 890. The standard InChI is InChI=1S/C20H21N3O3S/c1-25-16-8-6-14(7-9-16)21-19(24)17-4-2-10-23(17)12-15-13-26-20(22-15)18-5-3-11-27-18/h3,5-9,11,13,17H,2,4,10,12H2,1H3,(H,21,24)/t17-/m0/s1. The quantitative estimate of drug-likeness (QED) is 0.696. The van der Waals surface area contributed by atoms with Crippen LogP contribution >= 0.6 is 11.3 Å². The number of carbonyl (C=O) groups excluding carboxylic acids is 1. The van der Waals surface area contributed by atoms with Crippen molar-refractivity contribution < 1.29 is 13.9 Å². The van der Waals surface area contributed by atoms with Gasteiger partial charge in [-0.25, -0.2) is 4.98 Å². The third-order valence-electron chi connectivity index (χ3n) is 4.67. The van der Waals surface area contributed by atoms with Gasteiger partial charge >= 0.3 is 0 Å². The number of likely N-dealkylation sites (tertiary alicyclic amines) is 1. The first-order valence-electron chi connectivity index (χ1n) is 8.90. The summed E-state index contributed by atoms with van der Waals surface area (Å²) in [7, 11) is 1.62. The number of benzene rings is 1. The van der Waals surface area contributed by atoms with Crippen LogP contribution in [0.5, 0.6) is 5.75 Å². The second-order valence-electron chi connectivity index (χ2n) is 6.47. The Hall–Kier alpha value is -2.64. The Labute approximate surface area is 161 Å². The van der Waals surface area contributed by atoms with Gasteiger partial charge in [-0.3, -0.25) is 9.69 Å². The molecule has 0 bridgehead atoms. The van der Waals surface area contributed by atoms with E-state index in [0.29, 0.717) is 12.4 Å². The fourth-order valence-electron chi connectivity index (χ4n) is 3.31. The number of hydrogen-bond acceptors (Lipinski definition) is 6. The van der Waals surface area contributed by atoms with Gasteiger partial charge in [0.25, 0.3) is 0 Å². The Morgan fingerprint density at radius 1 is 1.37 bits per heavy atom. The molecular formula is C20H21N3O3S. The van der Waals surface area contributed by atoms with Gasteiger partial charge in [-0.05, 0) is 55.1 Å². The Morgan fingerprint density at radius 2 is 2.22 bits per heavy atom. The number of carbonyl (C=O) groups is 1. The fourth-order valence-corrected chi connectivity index (χ4v) is 3.97. The van der Waals surface area contributed by atoms with Crippen molar-refractivity contribution in [2.45, 2.75) is 25.4 Å². The van der Waals surface area contributed by atoms with E-state index in [1.807, 2.05) is 41.8 Å². The monoisotopic (exact) mass is 383 g/mol. The van der Waals surface area contributed by atoms with Crippen LogP contribution in [0.15, 0.2) is 52.5 Å². The van der Waals surface area contributed by atoms with Crippen molar-refractivity contribution in [3.05, 3.63) is 53.7 Å². The van der Waals surface area contributed by atoms with Crippen LogP contribution in [0, 0.1) is 0 Å². The van der Waals surface area contributed by atoms with E-state index >= 15 is 0 Å². The topological polar surface area (TPSA) is 67.6 Å². The molecule has 1 saturated heterocycles. The molecule has 0 saturated carbocycles. The first-order chi connectivity index (χ1) is 13.2. The predicted molar refractivity (Wildman–Crippen MR) is 105 cm³/mol. The second kappa shape index (κ2) is 7.94. The molecule has 6 nitrogen and oxygen atoms in total. The Kier molecular flexibility index (Phi) is 5.22. The SMILES string of the molecule is COc1ccc(NC(=O)[C@@H]2CCCN2Cc2coc(-c3cccs3)n2)cc1. The highest BCUT2D eigenvalue weighted by Crippen LogP contribution is 2.26. The van der Waals surface area contributed by atoms with Crippen molar-refractivity contribution in [2.75, 3.05) is 19.0 Å². The lowest BCUT2D eigenvalue weighted by Crippen LogP contribution is -2.39. The van der Waals surface area contributed by atoms with Gasteiger partial charge in [-0.2, -0.15) is 0 Å². The number of methoxy groups -OCH3 is 1. The molecule has 3 heterocycles. The molecule has 1 amide bonds. The number of aromatic nitrogens is 1. The van der Waals surface area contributed by atoms with Crippen LogP contribution in [0.3, 0.4) is 0 Å². The zero-order valence-corrected chi connectivity index (χ0v) is 15.9. The summed E-state index contributed by atoms with van der Waals surface area (Å²) < 4.78 is 10.7. The molecule has 1 aliphatic rings. The van der Waals surface area contributed by atoms with E-state index in [9.17, 15) is 4.79 Å². The number of amides is 1. The molecule has 1 fully saturated rings. The molecule has 3 aromatic rings. The molecular weight excluding hydrogens is 362 g/mol. The van der Waals surface area contributed by atoms with E-state index in [4.69, 9.17) is 9.15 Å². The second-order valence-corrected chi connectivity index (χ2v) is 7.42. The maximum Gasteiger partial charge on any atom is 0.241 e. The fraction of sp³-hybridized carbons (Fsp3) is 0.300. The van der Waals surface area contributed by atoms with E-state index < -0.39 is 0 Å². The Balaban J connectivity index is 1.40. The number of hydrogen-bond donors (Lipinski definition) is 1. The minimum atomic E-state index is -0.158. The van der Waals surface area contributed by atoms with Gasteiger partial charge in [0.05, 0.1) is 23.7 Å². The van der Waals surface area contributed by atoms with Crippen LogP contribution < -0.4 is 10.1 Å². The average Bonchev–Trinajstić information content (AvgIpc) is 3.44. The third kappa shape index (κ3) is 4.04. The predicted octanol–water partition coefficient (Wildman–Crippen LogP) is 4.01. The summed E-state index contributed by atoms with van der Waals surface area (Å²) in [4.78, 5) is 20.5. The highest BCUT2D eigenvalue weighted by molar-refractivity contribution is 7.13. The zero-order chi connectivity index (χ0) is 18.6. The van der Waals surface area contributed by atoms with E-state index in [1.165, 1.54) is 0 Å². The lowest BCUT2D eigenvalue weighted by molar-refractivity contribution is -0.120. The number of ether oxygens (including phenoxy) is 1. The van der Waals surface area contributed by atoms with Crippen LogP contribution in [0.25, 0.3) is 10.8 Å². The molecule has 7 heteroatoms. The van der Waals surface area contributed by atoms with Crippen LogP contribution in [0.1, 0.15) is 18.5 Å². The van der Waals surface area contributed by atoms with E-state index in [1.54, 1.807) is 24.7 Å². The molecule has 0 aliphatic carbocycles. The van der Waals surface area contributed by atoms with E-state index in [-0.39, 0.29) is 11.9 Å². The summed E-state index contributed by atoms with van der Waals surface area (Å²) in [6.45, 7) is 1.48. The summed E-state index contributed by atoms with van der Waals surface area (Å²) in [6, 6.07) is 11.2. The van der Waals surface area contributed by atoms with Crippen LogP contribution in [-0.2, 0) is 11.3 Å². The number of nitrogens with zero attached hydrogens (tertiary/aromatic N) is 2. The van der Waals surface area contributed by atoms with Gasteiger partial charge < -0.3 is 14.5 Å². The number of thiophene rings is 1. The summed E-state index contributed by atoms with van der Waals surface area (Å²) in [5.74, 6) is 1.42. The normalized spacial score (nSPS) is 17.1. The van der Waals surface area contributed by atoms with Crippen molar-refractivity contribution in [3.63, 3.8) is 0 Å². The minimum absolute atomic E-state index is 0.0136. The van der Waals surface area contributed by atoms with E-state index in [0.717, 1.165) is 41.4 Å². The molecule has 0 unspecified atom stereocenters. The van der Waals surface area contributed by atoms with Gasteiger partial charge in [-0.15, -0.1) is 11.3 Å². The van der Waals surface area contributed by atoms with Gasteiger partial charge in [-0.1, -0.05) is 6.07 Å². The molecule has 4 rings (SSSR count). The molecule has 0 spiro atoms. The van der Waals surface area contributed by atoms with Crippen LogP contribution in [0.2, 0.25) is 0 Å². The average molecular weight is 383 g/mol. The maximum absolute atomic E-state index is 12.7. The molecule has 1 aliphatic heterocycles. The van der Waals surface area contributed by atoms with Crippen molar-refractivity contribution in [3.8, 4) is 16.5 Å². The number of rotatable bonds is 6. The minimum Gasteiger partial charge on any atom is -0.497 e. The number of anilines is 1. The highest BCUT2D eigenvalue weighted by Gasteiger charge is 2.31. The maximum atomic E-state index is 12.7. The number of oxazole rings is 1. The smallest absolute Gasteiger partial charge is 0.241 e. The molecule has 1 N–H and O–H groups in total. The zero-order valence-electron chi connectivity index (χ0n) is 15.1. The lowest BCUT2D eigenvalue weighted by Gasteiger charge is -2.22. The third-order valence-corrected chi connectivity index (χ3v) is 5.53. The molecule has 0 radical (unpaired) electrons. The molecule has 140 valence electrons. The van der Waals surface area contributed by atoms with Crippen molar-refractivity contribution in [2.24, 2.45) is 0 Å². The van der Waals surface area contributed by atoms with Gasteiger partial charge in [0.15, 0.2) is 0 Å². The summed E-state index contributed by atoms with van der Waals surface area (Å²) in [5, 5.41) is 5.00. The van der Waals surface area contributed by atoms with Gasteiger partial charge in [0.1, 0.15) is 12.0 Å². The van der Waals surface area contributed by atoms with Crippen LogP contribution in [-0.4, -0.2) is 35.5 Å². The van der Waals surface area contributed by atoms with Crippen LogP contribution in [0.4, 0.5) is 5.69 Å².